The Morgan fingerprint density at radius 3 is 2.47 bits per heavy atom. The molecule has 1 aromatic carbocycles. The van der Waals surface area contributed by atoms with Crippen LogP contribution in [0, 0.1) is 34.8 Å². The summed E-state index contributed by atoms with van der Waals surface area (Å²) in [6.07, 6.45) is 3.31. The first-order valence-electron chi connectivity index (χ1n) is 10.1. The number of carbonyl (C=O) groups excluding carboxylic acids is 1. The lowest BCUT2D eigenvalue weighted by Gasteiger charge is -2.25. The van der Waals surface area contributed by atoms with Gasteiger partial charge in [0.2, 0.25) is 5.91 Å². The Hall–Kier alpha value is -2.88. The Morgan fingerprint density at radius 2 is 1.87 bits per heavy atom. The normalized spacial score (nSPS) is 13.0. The van der Waals surface area contributed by atoms with Gasteiger partial charge < -0.3 is 4.90 Å². The number of aromatic nitrogens is 2. The Labute approximate surface area is 176 Å². The first kappa shape index (κ1) is 23.4. The third-order valence-corrected chi connectivity index (χ3v) is 5.39. The van der Waals surface area contributed by atoms with E-state index in [1.807, 2.05) is 13.0 Å². The van der Waals surface area contributed by atoms with Crippen molar-refractivity contribution < 1.29 is 13.6 Å². The van der Waals surface area contributed by atoms with E-state index in [0.29, 0.717) is 19.4 Å². The van der Waals surface area contributed by atoms with Crippen LogP contribution >= 0.6 is 0 Å². The zero-order valence-corrected chi connectivity index (χ0v) is 17.9. The number of halogens is 2. The maximum absolute atomic E-state index is 14.2. The largest absolute Gasteiger partial charge is 0.344 e. The minimum Gasteiger partial charge on any atom is -0.344 e. The molecule has 0 N–H and O–H groups in total. The van der Waals surface area contributed by atoms with Crippen LogP contribution in [-0.4, -0.2) is 34.6 Å². The molecule has 0 spiro atoms. The van der Waals surface area contributed by atoms with Gasteiger partial charge >= 0.3 is 0 Å². The van der Waals surface area contributed by atoms with Crippen molar-refractivity contribution in [2.75, 3.05) is 13.6 Å². The summed E-state index contributed by atoms with van der Waals surface area (Å²) < 4.78 is 28.3. The third-order valence-electron chi connectivity index (χ3n) is 5.39. The highest BCUT2D eigenvalue weighted by Crippen LogP contribution is 2.33. The van der Waals surface area contributed by atoms with Crippen LogP contribution in [-0.2, 0) is 4.79 Å². The number of nitriles is 1. The molecule has 1 aromatic heterocycles. The molecule has 0 aliphatic carbocycles. The lowest BCUT2D eigenvalue weighted by atomic mass is 9.83. The number of rotatable bonds is 9. The molecule has 5 nitrogen and oxygen atoms in total. The topological polar surface area (TPSA) is 69.9 Å². The molecule has 160 valence electrons. The molecule has 0 saturated heterocycles. The Balaban J connectivity index is 2.17. The van der Waals surface area contributed by atoms with E-state index in [2.05, 4.69) is 24.0 Å². The van der Waals surface area contributed by atoms with Crippen molar-refractivity contribution in [2.45, 2.75) is 46.0 Å². The highest BCUT2D eigenvalue weighted by atomic mass is 19.1. The third kappa shape index (κ3) is 5.82. The molecule has 1 unspecified atom stereocenters. The van der Waals surface area contributed by atoms with E-state index >= 15 is 0 Å². The van der Waals surface area contributed by atoms with E-state index in [1.54, 1.807) is 24.2 Å². The first-order chi connectivity index (χ1) is 14.3. The second-order valence-electron chi connectivity index (χ2n) is 7.97. The molecular weight excluding hydrogens is 386 g/mol. The average molecular weight is 415 g/mol. The van der Waals surface area contributed by atoms with E-state index in [-0.39, 0.29) is 34.9 Å². The predicted octanol–water partition coefficient (Wildman–Crippen LogP) is 4.95. The molecule has 0 radical (unpaired) electrons. The van der Waals surface area contributed by atoms with Crippen molar-refractivity contribution in [3.05, 3.63) is 47.7 Å². The van der Waals surface area contributed by atoms with Crippen LogP contribution in [0.5, 0.6) is 0 Å². The summed E-state index contributed by atoms with van der Waals surface area (Å²) >= 11 is 0. The number of carbonyl (C=O) groups is 1. The van der Waals surface area contributed by atoms with Gasteiger partial charge in [-0.3, -0.25) is 4.79 Å². The van der Waals surface area contributed by atoms with Gasteiger partial charge in [0, 0.05) is 19.5 Å². The number of amides is 1. The summed E-state index contributed by atoms with van der Waals surface area (Å²) in [4.78, 5) is 14.1. The summed E-state index contributed by atoms with van der Waals surface area (Å²) in [6.45, 7) is 6.44. The molecule has 0 aliphatic heterocycles. The van der Waals surface area contributed by atoms with Crippen LogP contribution in [0.25, 0.3) is 11.3 Å². The summed E-state index contributed by atoms with van der Waals surface area (Å²) in [5.74, 6) is -1.23. The maximum atomic E-state index is 14.2. The van der Waals surface area contributed by atoms with Gasteiger partial charge in [-0.15, -0.1) is 0 Å². The number of nitrogens with zero attached hydrogens (tertiary/aromatic N) is 4. The SMILES string of the molecule is CC(CC[C@H](c1cnnc(-c2c(F)cccc2F)c1)C(C)C)C(=O)N(C)CCC#N. The molecule has 30 heavy (non-hydrogen) atoms. The fourth-order valence-electron chi connectivity index (χ4n) is 3.59. The molecule has 2 aromatic rings. The fourth-order valence-corrected chi connectivity index (χ4v) is 3.59. The summed E-state index contributed by atoms with van der Waals surface area (Å²) in [5.41, 5.74) is 0.821. The van der Waals surface area contributed by atoms with Crippen molar-refractivity contribution in [1.82, 2.24) is 15.1 Å². The zero-order chi connectivity index (χ0) is 22.3. The molecule has 0 bridgehead atoms. The van der Waals surface area contributed by atoms with Crippen molar-refractivity contribution in [2.24, 2.45) is 11.8 Å². The zero-order valence-electron chi connectivity index (χ0n) is 17.9. The van der Waals surface area contributed by atoms with Crippen LogP contribution in [0.1, 0.15) is 51.5 Å². The van der Waals surface area contributed by atoms with E-state index in [1.165, 1.54) is 18.2 Å². The van der Waals surface area contributed by atoms with Crippen molar-refractivity contribution in [3.8, 4) is 17.3 Å². The Bertz CT molecular complexity index is 890. The Kier molecular flexibility index (Phi) is 8.40. The minimum atomic E-state index is -0.679. The molecule has 1 heterocycles. The quantitative estimate of drug-likeness (QED) is 0.582. The van der Waals surface area contributed by atoms with Crippen molar-refractivity contribution >= 4 is 5.91 Å². The molecule has 0 aliphatic rings. The van der Waals surface area contributed by atoms with Gasteiger partial charge in [0.25, 0.3) is 0 Å². The first-order valence-corrected chi connectivity index (χ1v) is 10.1. The molecule has 7 heteroatoms. The Morgan fingerprint density at radius 1 is 1.20 bits per heavy atom. The van der Waals surface area contributed by atoms with Gasteiger partial charge in [-0.05, 0) is 48.4 Å². The number of benzene rings is 1. The van der Waals surface area contributed by atoms with Gasteiger partial charge in [-0.2, -0.15) is 15.5 Å². The fraction of sp³-hybridized carbons (Fsp3) is 0.478. The van der Waals surface area contributed by atoms with Gasteiger partial charge in [0.1, 0.15) is 11.6 Å². The van der Waals surface area contributed by atoms with E-state index in [9.17, 15) is 13.6 Å². The minimum absolute atomic E-state index is 0.00901. The van der Waals surface area contributed by atoms with Gasteiger partial charge in [0.05, 0.1) is 29.9 Å². The predicted molar refractivity (Wildman–Crippen MR) is 111 cm³/mol. The molecule has 0 fully saturated rings. The summed E-state index contributed by atoms with van der Waals surface area (Å²) in [6, 6.07) is 7.44. The van der Waals surface area contributed by atoms with Crippen LogP contribution < -0.4 is 0 Å². The van der Waals surface area contributed by atoms with Crippen LogP contribution in [0.2, 0.25) is 0 Å². The van der Waals surface area contributed by atoms with Gasteiger partial charge in [-0.25, -0.2) is 8.78 Å². The van der Waals surface area contributed by atoms with Gasteiger partial charge in [-0.1, -0.05) is 26.8 Å². The molecular formula is C23H28F2N4O. The highest BCUT2D eigenvalue weighted by Gasteiger charge is 2.23. The van der Waals surface area contributed by atoms with Crippen LogP contribution in [0.4, 0.5) is 8.78 Å². The second-order valence-corrected chi connectivity index (χ2v) is 7.97. The lowest BCUT2D eigenvalue weighted by molar-refractivity contribution is -0.133. The van der Waals surface area contributed by atoms with Gasteiger partial charge in [0.15, 0.2) is 0 Å². The summed E-state index contributed by atoms with van der Waals surface area (Å²) in [5, 5.41) is 16.6. The second kappa shape index (κ2) is 10.8. The van der Waals surface area contributed by atoms with Crippen molar-refractivity contribution in [1.29, 1.82) is 5.26 Å². The molecule has 0 saturated carbocycles. The van der Waals surface area contributed by atoms with E-state index in [4.69, 9.17) is 5.26 Å². The maximum Gasteiger partial charge on any atom is 0.225 e. The van der Waals surface area contributed by atoms with Crippen molar-refractivity contribution in [3.63, 3.8) is 0 Å². The molecule has 2 rings (SSSR count). The molecule has 1 amide bonds. The van der Waals surface area contributed by atoms with E-state index in [0.717, 1.165) is 12.0 Å². The number of hydrogen-bond donors (Lipinski definition) is 0. The molecule has 2 atom stereocenters. The number of hydrogen-bond acceptors (Lipinski definition) is 4. The van der Waals surface area contributed by atoms with Crippen LogP contribution in [0.3, 0.4) is 0 Å². The van der Waals surface area contributed by atoms with Crippen LogP contribution in [0.15, 0.2) is 30.5 Å². The average Bonchev–Trinajstić information content (AvgIpc) is 2.71. The lowest BCUT2D eigenvalue weighted by Crippen LogP contribution is -2.32. The monoisotopic (exact) mass is 414 g/mol. The highest BCUT2D eigenvalue weighted by molar-refractivity contribution is 5.78. The standard InChI is InChI=1S/C23H28F2N4O/c1-15(2)18(10-9-16(3)23(30)29(4)12-6-11-26)17-13-21(28-27-14-17)22-19(24)7-5-8-20(22)25/h5,7-8,13-16,18H,6,9-10,12H2,1-4H3/t16?,18-/m0/s1. The summed E-state index contributed by atoms with van der Waals surface area (Å²) in [7, 11) is 1.71. The smallest absolute Gasteiger partial charge is 0.225 e. The van der Waals surface area contributed by atoms with E-state index < -0.39 is 11.6 Å².